The molecule has 128 valence electrons. The van der Waals surface area contributed by atoms with Crippen molar-refractivity contribution in [1.29, 1.82) is 0 Å². The molecule has 1 saturated heterocycles. The summed E-state index contributed by atoms with van der Waals surface area (Å²) in [6, 6.07) is 11.1. The molecule has 0 radical (unpaired) electrons. The SMILES string of the molecule is CCc1ccc(-c2ccc(C(=O)N3CCS(=O)(=O)C[C@@H]3C)o2)cc1. The van der Waals surface area contributed by atoms with E-state index in [0.717, 1.165) is 12.0 Å². The lowest BCUT2D eigenvalue weighted by molar-refractivity contribution is 0.0681. The quantitative estimate of drug-likeness (QED) is 0.856. The molecule has 1 fully saturated rings. The third-order valence-electron chi connectivity index (χ3n) is 4.39. The highest BCUT2D eigenvalue weighted by Crippen LogP contribution is 2.24. The summed E-state index contributed by atoms with van der Waals surface area (Å²) in [5.41, 5.74) is 2.16. The van der Waals surface area contributed by atoms with E-state index in [1.807, 2.05) is 24.3 Å². The number of benzene rings is 1. The topological polar surface area (TPSA) is 67.6 Å². The van der Waals surface area contributed by atoms with Crippen LogP contribution in [0.5, 0.6) is 0 Å². The molecular formula is C18H21NO4S. The van der Waals surface area contributed by atoms with Gasteiger partial charge in [0.15, 0.2) is 15.6 Å². The third kappa shape index (κ3) is 3.38. The van der Waals surface area contributed by atoms with E-state index in [2.05, 4.69) is 6.92 Å². The molecule has 1 aromatic carbocycles. The minimum Gasteiger partial charge on any atom is -0.451 e. The van der Waals surface area contributed by atoms with Crippen molar-refractivity contribution in [1.82, 2.24) is 4.90 Å². The van der Waals surface area contributed by atoms with Crippen molar-refractivity contribution in [2.45, 2.75) is 26.3 Å². The molecule has 1 atom stereocenters. The zero-order chi connectivity index (χ0) is 17.3. The zero-order valence-corrected chi connectivity index (χ0v) is 14.7. The highest BCUT2D eigenvalue weighted by Gasteiger charge is 2.32. The highest BCUT2D eigenvalue weighted by molar-refractivity contribution is 7.91. The van der Waals surface area contributed by atoms with Crippen molar-refractivity contribution in [3.05, 3.63) is 47.7 Å². The normalized spacial score (nSPS) is 20.1. The Bertz CT molecular complexity index is 836. The summed E-state index contributed by atoms with van der Waals surface area (Å²) in [5, 5.41) is 0. The van der Waals surface area contributed by atoms with Gasteiger partial charge in [0.05, 0.1) is 11.5 Å². The molecule has 0 unspecified atom stereocenters. The zero-order valence-electron chi connectivity index (χ0n) is 13.9. The second-order valence-corrected chi connectivity index (χ2v) is 8.41. The Kier molecular flexibility index (Phi) is 4.49. The number of hydrogen-bond donors (Lipinski definition) is 0. The van der Waals surface area contributed by atoms with Gasteiger partial charge in [-0.1, -0.05) is 31.2 Å². The van der Waals surface area contributed by atoms with Crippen LogP contribution < -0.4 is 0 Å². The molecule has 0 saturated carbocycles. The number of sulfone groups is 1. The molecule has 0 N–H and O–H groups in total. The Hall–Kier alpha value is -2.08. The van der Waals surface area contributed by atoms with Gasteiger partial charge in [-0.3, -0.25) is 4.79 Å². The number of carbonyl (C=O) groups excluding carboxylic acids is 1. The van der Waals surface area contributed by atoms with Crippen LogP contribution in [-0.4, -0.2) is 43.3 Å². The molecule has 1 aliphatic heterocycles. The number of amides is 1. The molecule has 6 heteroatoms. The van der Waals surface area contributed by atoms with Crippen molar-refractivity contribution in [3.63, 3.8) is 0 Å². The van der Waals surface area contributed by atoms with Crippen LogP contribution in [0.4, 0.5) is 0 Å². The van der Waals surface area contributed by atoms with Crippen molar-refractivity contribution in [3.8, 4) is 11.3 Å². The molecule has 0 aliphatic carbocycles. The van der Waals surface area contributed by atoms with Crippen LogP contribution in [0.3, 0.4) is 0 Å². The standard InChI is InChI=1S/C18H21NO4S/c1-3-14-4-6-15(7-5-14)16-8-9-17(23-16)18(20)19-10-11-24(21,22)12-13(19)2/h4-9,13H,3,10-12H2,1-2H3/t13-/m0/s1. The van der Waals surface area contributed by atoms with Crippen LogP contribution in [-0.2, 0) is 16.3 Å². The number of rotatable bonds is 3. The van der Waals surface area contributed by atoms with Gasteiger partial charge in [0.25, 0.3) is 5.91 Å². The predicted molar refractivity (Wildman–Crippen MR) is 92.7 cm³/mol. The van der Waals surface area contributed by atoms with E-state index in [1.165, 1.54) is 5.56 Å². The average Bonchev–Trinajstić information content (AvgIpc) is 3.03. The van der Waals surface area contributed by atoms with Gasteiger partial charge in [0, 0.05) is 18.2 Å². The van der Waals surface area contributed by atoms with Crippen molar-refractivity contribution < 1.29 is 17.6 Å². The van der Waals surface area contributed by atoms with E-state index in [-0.39, 0.29) is 35.8 Å². The van der Waals surface area contributed by atoms with Crippen LogP contribution in [0.25, 0.3) is 11.3 Å². The maximum Gasteiger partial charge on any atom is 0.289 e. The Labute approximate surface area is 142 Å². The largest absolute Gasteiger partial charge is 0.451 e. The summed E-state index contributed by atoms with van der Waals surface area (Å²) in [5.74, 6) is 0.641. The van der Waals surface area contributed by atoms with E-state index in [0.29, 0.717) is 5.76 Å². The molecule has 2 heterocycles. The fourth-order valence-corrected chi connectivity index (χ4v) is 4.51. The van der Waals surface area contributed by atoms with Crippen LogP contribution in [0.15, 0.2) is 40.8 Å². The maximum absolute atomic E-state index is 12.6. The molecule has 5 nitrogen and oxygen atoms in total. The molecule has 1 aromatic heterocycles. The lowest BCUT2D eigenvalue weighted by Crippen LogP contribution is -2.49. The first-order chi connectivity index (χ1) is 11.4. The third-order valence-corrected chi connectivity index (χ3v) is 6.19. The molecule has 24 heavy (non-hydrogen) atoms. The monoisotopic (exact) mass is 347 g/mol. The summed E-state index contributed by atoms with van der Waals surface area (Å²) in [7, 11) is -3.05. The van der Waals surface area contributed by atoms with Crippen LogP contribution in [0, 0.1) is 0 Å². The van der Waals surface area contributed by atoms with Gasteiger partial charge in [0.2, 0.25) is 0 Å². The van der Waals surface area contributed by atoms with E-state index in [9.17, 15) is 13.2 Å². The molecule has 0 spiro atoms. The van der Waals surface area contributed by atoms with E-state index in [1.54, 1.807) is 24.0 Å². The number of furan rings is 1. The smallest absolute Gasteiger partial charge is 0.289 e. The minimum absolute atomic E-state index is 0.00475. The predicted octanol–water partition coefficient (Wildman–Crippen LogP) is 2.77. The van der Waals surface area contributed by atoms with E-state index >= 15 is 0 Å². The van der Waals surface area contributed by atoms with Gasteiger partial charge in [-0.05, 0) is 31.0 Å². The molecule has 2 aromatic rings. The van der Waals surface area contributed by atoms with Crippen molar-refractivity contribution in [2.24, 2.45) is 0 Å². The fourth-order valence-electron chi connectivity index (χ4n) is 2.95. The average molecular weight is 347 g/mol. The Morgan fingerprint density at radius 1 is 1.21 bits per heavy atom. The first-order valence-electron chi connectivity index (χ1n) is 8.10. The summed E-state index contributed by atoms with van der Waals surface area (Å²) in [4.78, 5) is 14.2. The Balaban J connectivity index is 1.78. The van der Waals surface area contributed by atoms with Gasteiger partial charge in [-0.15, -0.1) is 0 Å². The summed E-state index contributed by atoms with van der Waals surface area (Å²) < 4.78 is 29.0. The van der Waals surface area contributed by atoms with Crippen LogP contribution >= 0.6 is 0 Å². The molecule has 3 rings (SSSR count). The molecule has 1 amide bonds. The fraction of sp³-hybridized carbons (Fsp3) is 0.389. The second-order valence-electron chi connectivity index (χ2n) is 6.18. The van der Waals surface area contributed by atoms with Gasteiger partial charge >= 0.3 is 0 Å². The number of hydrogen-bond acceptors (Lipinski definition) is 4. The summed E-state index contributed by atoms with van der Waals surface area (Å²) >= 11 is 0. The second kappa shape index (κ2) is 6.43. The van der Waals surface area contributed by atoms with Gasteiger partial charge in [0.1, 0.15) is 5.76 Å². The van der Waals surface area contributed by atoms with Gasteiger partial charge in [-0.25, -0.2) is 8.42 Å². The molecule has 1 aliphatic rings. The van der Waals surface area contributed by atoms with Crippen LogP contribution in [0.2, 0.25) is 0 Å². The lowest BCUT2D eigenvalue weighted by atomic mass is 10.1. The first-order valence-corrected chi connectivity index (χ1v) is 9.92. The number of carbonyl (C=O) groups is 1. The maximum atomic E-state index is 12.6. The number of aryl methyl sites for hydroxylation is 1. The summed E-state index contributed by atoms with van der Waals surface area (Å²) in [6.07, 6.45) is 0.970. The van der Waals surface area contributed by atoms with Crippen molar-refractivity contribution >= 4 is 15.7 Å². The molecular weight excluding hydrogens is 326 g/mol. The van der Waals surface area contributed by atoms with E-state index in [4.69, 9.17) is 4.42 Å². The number of nitrogens with zero attached hydrogens (tertiary/aromatic N) is 1. The van der Waals surface area contributed by atoms with E-state index < -0.39 is 9.84 Å². The van der Waals surface area contributed by atoms with Gasteiger partial charge < -0.3 is 9.32 Å². The molecule has 0 bridgehead atoms. The summed E-state index contributed by atoms with van der Waals surface area (Å²) in [6.45, 7) is 4.06. The lowest BCUT2D eigenvalue weighted by Gasteiger charge is -2.32. The minimum atomic E-state index is -3.05. The first kappa shape index (κ1) is 16.8. The van der Waals surface area contributed by atoms with Crippen molar-refractivity contribution in [2.75, 3.05) is 18.1 Å². The van der Waals surface area contributed by atoms with Gasteiger partial charge in [-0.2, -0.15) is 0 Å². The van der Waals surface area contributed by atoms with Crippen LogP contribution in [0.1, 0.15) is 30.0 Å². The Morgan fingerprint density at radius 2 is 1.92 bits per heavy atom. The Morgan fingerprint density at radius 3 is 2.54 bits per heavy atom. The highest BCUT2D eigenvalue weighted by atomic mass is 32.2.